The highest BCUT2D eigenvalue weighted by molar-refractivity contribution is 7.89. The van der Waals surface area contributed by atoms with Crippen LogP contribution in [-0.4, -0.2) is 37.0 Å². The predicted octanol–water partition coefficient (Wildman–Crippen LogP) is 6.03. The van der Waals surface area contributed by atoms with Crippen LogP contribution in [-0.2, 0) is 21.2 Å². The second kappa shape index (κ2) is 11.0. The number of aliphatic carboxylic acids is 1. The maximum atomic E-state index is 14.8. The number of nitrogens with zero attached hydrogens (tertiary/aromatic N) is 1. The van der Waals surface area contributed by atoms with E-state index in [0.29, 0.717) is 29.5 Å². The molecule has 7 nitrogen and oxygen atoms in total. The number of hydrogen-bond donors (Lipinski definition) is 1. The number of fused-ring (bicyclic) bond motifs is 1. The Morgan fingerprint density at radius 3 is 2.54 bits per heavy atom. The number of benzene rings is 3. The quantitative estimate of drug-likeness (QED) is 0.324. The minimum Gasteiger partial charge on any atom is -0.482 e. The minimum absolute atomic E-state index is 0.0538. The van der Waals surface area contributed by atoms with Crippen molar-refractivity contribution in [1.29, 1.82) is 0 Å². The van der Waals surface area contributed by atoms with Crippen molar-refractivity contribution < 1.29 is 41.0 Å². The summed E-state index contributed by atoms with van der Waals surface area (Å²) in [5, 5.41) is 9.25. The summed E-state index contributed by atoms with van der Waals surface area (Å²) in [6.45, 7) is -4.07. The molecule has 1 N–H and O–H groups in total. The first-order valence-electron chi connectivity index (χ1n) is 11.1. The molecule has 3 aromatic rings. The number of carboxylic acid groups (broad SMARTS) is 1. The molecule has 0 saturated heterocycles. The number of hydrogen-bond acceptors (Lipinski definition) is 5. The Hall–Kier alpha value is -3.28. The fourth-order valence-corrected chi connectivity index (χ4v) is 5.92. The number of halogens is 4. The van der Waals surface area contributed by atoms with Gasteiger partial charge in [0.2, 0.25) is 10.0 Å². The maximum absolute atomic E-state index is 14.8. The van der Waals surface area contributed by atoms with Gasteiger partial charge >= 0.3 is 12.5 Å². The Kier molecular flexibility index (Phi) is 7.96. The molecule has 0 unspecified atom stereocenters. The van der Waals surface area contributed by atoms with Crippen LogP contribution < -0.4 is 9.47 Å². The summed E-state index contributed by atoms with van der Waals surface area (Å²) < 4.78 is 80.9. The Balaban J connectivity index is 1.67. The first kappa shape index (κ1) is 26.8. The zero-order valence-electron chi connectivity index (χ0n) is 19.1. The zero-order chi connectivity index (χ0) is 26.7. The van der Waals surface area contributed by atoms with Crippen molar-refractivity contribution in [3.63, 3.8) is 0 Å². The molecule has 0 aromatic heterocycles. The summed E-state index contributed by atoms with van der Waals surface area (Å²) in [5.74, 6) is -2.20. The molecule has 0 saturated carbocycles. The average Bonchev–Trinajstić information content (AvgIpc) is 2.84. The second-order valence-electron chi connectivity index (χ2n) is 8.18. The summed E-state index contributed by atoms with van der Waals surface area (Å²) in [6, 6.07) is 12.0. The van der Waals surface area contributed by atoms with Crippen LogP contribution in [0.25, 0.3) is 0 Å². The molecular weight excluding hydrogens is 535 g/mol. The molecule has 1 aliphatic rings. The van der Waals surface area contributed by atoms with Crippen molar-refractivity contribution in [1.82, 2.24) is 4.31 Å². The highest BCUT2D eigenvalue weighted by atomic mass is 35.5. The average molecular weight is 556 g/mol. The van der Waals surface area contributed by atoms with Crippen LogP contribution >= 0.6 is 11.6 Å². The summed E-state index contributed by atoms with van der Waals surface area (Å²) in [4.78, 5) is 10.2. The van der Waals surface area contributed by atoms with Gasteiger partial charge in [0, 0.05) is 5.02 Å². The first-order valence-corrected chi connectivity index (χ1v) is 12.9. The van der Waals surface area contributed by atoms with E-state index in [-0.39, 0.29) is 33.5 Å². The van der Waals surface area contributed by atoms with Gasteiger partial charge in [-0.2, -0.15) is 8.78 Å². The number of sulfonamides is 1. The van der Waals surface area contributed by atoms with Crippen LogP contribution in [0.15, 0.2) is 65.6 Å². The van der Waals surface area contributed by atoms with E-state index < -0.39 is 45.9 Å². The molecule has 0 radical (unpaired) electrons. The van der Waals surface area contributed by atoms with Crippen LogP contribution in [0.5, 0.6) is 17.2 Å². The highest BCUT2D eigenvalue weighted by Crippen LogP contribution is 2.42. The van der Waals surface area contributed by atoms with Crippen LogP contribution in [0.4, 0.5) is 13.2 Å². The van der Waals surface area contributed by atoms with Crippen molar-refractivity contribution >= 4 is 27.6 Å². The molecule has 3 aromatic carbocycles. The van der Waals surface area contributed by atoms with Crippen molar-refractivity contribution in [2.24, 2.45) is 0 Å². The highest BCUT2D eigenvalue weighted by Gasteiger charge is 2.41. The molecule has 0 spiro atoms. The third-order valence-corrected chi connectivity index (χ3v) is 7.84. The summed E-state index contributed by atoms with van der Waals surface area (Å²) in [5.41, 5.74) is 0.733. The van der Waals surface area contributed by atoms with Crippen LogP contribution in [0.2, 0.25) is 5.02 Å². The zero-order valence-corrected chi connectivity index (χ0v) is 20.7. The molecule has 0 bridgehead atoms. The summed E-state index contributed by atoms with van der Waals surface area (Å²) in [6.07, 6.45) is 0.824. The van der Waals surface area contributed by atoms with Gasteiger partial charge in [0.25, 0.3) is 0 Å². The van der Waals surface area contributed by atoms with Gasteiger partial charge in [-0.05, 0) is 72.9 Å². The molecule has 0 heterocycles. The lowest BCUT2D eigenvalue weighted by molar-refractivity contribution is -0.139. The molecular formula is C25H21ClF3NO6S. The Morgan fingerprint density at radius 1 is 1.11 bits per heavy atom. The molecule has 12 heteroatoms. The lowest BCUT2D eigenvalue weighted by Gasteiger charge is -2.35. The minimum atomic E-state index is -4.87. The molecule has 1 aliphatic carbocycles. The molecule has 0 amide bonds. The topological polar surface area (TPSA) is 93.1 Å². The molecule has 1 atom stereocenters. The normalized spacial score (nSPS) is 15.5. The van der Waals surface area contributed by atoms with E-state index in [4.69, 9.17) is 26.2 Å². The third-order valence-electron chi connectivity index (χ3n) is 5.79. The molecule has 37 heavy (non-hydrogen) atoms. The van der Waals surface area contributed by atoms with Crippen molar-refractivity contribution in [2.75, 3.05) is 6.61 Å². The van der Waals surface area contributed by atoms with Gasteiger partial charge in [-0.1, -0.05) is 29.8 Å². The lowest BCUT2D eigenvalue weighted by Crippen LogP contribution is -2.40. The predicted molar refractivity (Wildman–Crippen MR) is 128 cm³/mol. The van der Waals surface area contributed by atoms with Gasteiger partial charge < -0.3 is 14.6 Å². The summed E-state index contributed by atoms with van der Waals surface area (Å²) in [7, 11) is -4.87. The molecule has 0 fully saturated rings. The van der Waals surface area contributed by atoms with Gasteiger partial charge in [-0.3, -0.25) is 0 Å². The molecule has 196 valence electrons. The largest absolute Gasteiger partial charge is 0.482 e. The number of ether oxygens (including phenoxy) is 2. The van der Waals surface area contributed by atoms with E-state index in [1.54, 1.807) is 12.1 Å². The van der Waals surface area contributed by atoms with Gasteiger partial charge in [-0.25, -0.2) is 17.6 Å². The Labute approximate surface area is 216 Å². The van der Waals surface area contributed by atoms with E-state index in [9.17, 15) is 26.4 Å². The number of carboxylic acids is 1. The van der Waals surface area contributed by atoms with Gasteiger partial charge in [-0.15, -0.1) is 4.31 Å². The number of alkyl halides is 2. The second-order valence-corrected chi connectivity index (χ2v) is 10.5. The third kappa shape index (κ3) is 5.84. The van der Waals surface area contributed by atoms with Crippen LogP contribution in [0.3, 0.4) is 0 Å². The Morgan fingerprint density at radius 2 is 1.86 bits per heavy atom. The summed E-state index contributed by atoms with van der Waals surface area (Å²) >= 11 is 5.89. The van der Waals surface area contributed by atoms with E-state index in [1.807, 2.05) is 0 Å². The van der Waals surface area contributed by atoms with E-state index >= 15 is 0 Å². The van der Waals surface area contributed by atoms with Crippen molar-refractivity contribution in [3.8, 4) is 17.2 Å². The van der Waals surface area contributed by atoms with Crippen molar-refractivity contribution in [2.45, 2.75) is 36.7 Å². The SMILES string of the molecule is O=C(O)COc1cccc2c1CCC[C@H]2N(C(F)F)S(=O)(=O)c1ccc(Oc2cccc(Cl)c2)c(F)c1. The fourth-order valence-electron chi connectivity index (χ4n) is 4.24. The van der Waals surface area contributed by atoms with Gasteiger partial charge in [0.15, 0.2) is 18.2 Å². The smallest absolute Gasteiger partial charge is 0.341 e. The van der Waals surface area contributed by atoms with Gasteiger partial charge in [0.1, 0.15) is 11.5 Å². The molecule has 4 rings (SSSR count). The number of carbonyl (C=O) groups is 1. The van der Waals surface area contributed by atoms with E-state index in [2.05, 4.69) is 0 Å². The number of rotatable bonds is 9. The van der Waals surface area contributed by atoms with Gasteiger partial charge in [0.05, 0.1) is 10.9 Å². The molecule has 0 aliphatic heterocycles. The standard InChI is InChI=1S/C25H21ClF3NO6S/c26-15-4-1-5-16(12-15)36-23-11-10-17(13-20(23)27)37(33,34)30(25(28)29)21-8-2-7-19-18(21)6-3-9-22(19)35-14-24(31)32/h1,3-6,9-13,21,25H,2,7-8,14H2,(H,31,32)/t21-/m1/s1. The van der Waals surface area contributed by atoms with Crippen molar-refractivity contribution in [3.05, 3.63) is 82.6 Å². The first-order chi connectivity index (χ1) is 17.6. The van der Waals surface area contributed by atoms with Crippen LogP contribution in [0, 0.1) is 5.82 Å². The van der Waals surface area contributed by atoms with E-state index in [1.165, 1.54) is 30.3 Å². The monoisotopic (exact) mass is 555 g/mol. The van der Waals surface area contributed by atoms with Crippen LogP contribution in [0.1, 0.15) is 30.0 Å². The van der Waals surface area contributed by atoms with E-state index in [0.717, 1.165) is 12.1 Å². The fraction of sp³-hybridized carbons (Fsp3) is 0.240. The maximum Gasteiger partial charge on any atom is 0.341 e. The Bertz CT molecular complexity index is 1420. The lowest BCUT2D eigenvalue weighted by atomic mass is 9.87.